The third kappa shape index (κ3) is 1.37. The van der Waals surface area contributed by atoms with Gasteiger partial charge in [-0.25, -0.2) is 0 Å². The second-order valence-corrected chi connectivity index (χ2v) is 4.08. The summed E-state index contributed by atoms with van der Waals surface area (Å²) in [4.78, 5) is 0. The Kier molecular flexibility index (Phi) is 2.12. The summed E-state index contributed by atoms with van der Waals surface area (Å²) >= 11 is 0. The van der Waals surface area contributed by atoms with Crippen LogP contribution in [0, 0.1) is 20.8 Å². The molecule has 1 fully saturated rings. The minimum absolute atomic E-state index is 0.763. The lowest BCUT2D eigenvalue weighted by molar-refractivity contribution is 0.446. The van der Waals surface area contributed by atoms with Gasteiger partial charge in [-0.2, -0.15) is 0 Å². The van der Waals surface area contributed by atoms with Crippen LogP contribution in [0.2, 0.25) is 0 Å². The lowest BCUT2D eigenvalue weighted by atomic mass is 9.87. The Hall–Kier alpha value is -0.820. The first kappa shape index (κ1) is 8.76. The molecule has 1 aromatic carbocycles. The van der Waals surface area contributed by atoms with Crippen molar-refractivity contribution in [2.45, 2.75) is 26.7 Å². The molecule has 0 spiro atoms. The Labute approximate surface area is 80.2 Å². The first-order valence-corrected chi connectivity index (χ1v) is 4.97. The zero-order valence-electron chi connectivity index (χ0n) is 8.65. The van der Waals surface area contributed by atoms with E-state index < -0.39 is 0 Å². The van der Waals surface area contributed by atoms with E-state index in [1.807, 2.05) is 0 Å². The molecule has 2 rings (SSSR count). The normalized spacial score (nSPS) is 17.2. The van der Waals surface area contributed by atoms with Gasteiger partial charge in [-0.1, -0.05) is 12.1 Å². The summed E-state index contributed by atoms with van der Waals surface area (Å²) in [5, 5.41) is 3.32. The summed E-state index contributed by atoms with van der Waals surface area (Å²) in [6.07, 6.45) is 0. The Morgan fingerprint density at radius 2 is 1.77 bits per heavy atom. The van der Waals surface area contributed by atoms with Crippen molar-refractivity contribution < 1.29 is 0 Å². The Morgan fingerprint density at radius 3 is 2.31 bits per heavy atom. The highest BCUT2D eigenvalue weighted by Gasteiger charge is 2.20. The predicted molar refractivity (Wildman–Crippen MR) is 56.3 cm³/mol. The first-order valence-electron chi connectivity index (χ1n) is 4.97. The van der Waals surface area contributed by atoms with Gasteiger partial charge in [0.2, 0.25) is 0 Å². The smallest absolute Gasteiger partial charge is 0.00912 e. The molecule has 1 heterocycles. The summed E-state index contributed by atoms with van der Waals surface area (Å²) in [5.41, 5.74) is 5.91. The minimum atomic E-state index is 0.763. The summed E-state index contributed by atoms with van der Waals surface area (Å²) in [6, 6.07) is 4.54. The van der Waals surface area contributed by atoms with Crippen LogP contribution < -0.4 is 5.32 Å². The molecular weight excluding hydrogens is 158 g/mol. The number of hydrogen-bond donors (Lipinski definition) is 1. The van der Waals surface area contributed by atoms with Crippen LogP contribution in [-0.4, -0.2) is 13.1 Å². The van der Waals surface area contributed by atoms with Crippen molar-refractivity contribution in [2.75, 3.05) is 13.1 Å². The molecule has 0 amide bonds. The molecule has 1 saturated heterocycles. The lowest BCUT2D eigenvalue weighted by Crippen LogP contribution is -2.40. The second-order valence-electron chi connectivity index (χ2n) is 4.08. The van der Waals surface area contributed by atoms with Gasteiger partial charge < -0.3 is 5.32 Å². The van der Waals surface area contributed by atoms with E-state index in [1.165, 1.54) is 16.7 Å². The highest BCUT2D eigenvalue weighted by Crippen LogP contribution is 2.26. The fourth-order valence-corrected chi connectivity index (χ4v) is 1.93. The van der Waals surface area contributed by atoms with Crippen molar-refractivity contribution in [1.82, 2.24) is 5.32 Å². The third-order valence-electron chi connectivity index (χ3n) is 3.32. The summed E-state index contributed by atoms with van der Waals surface area (Å²) in [7, 11) is 0. The van der Waals surface area contributed by atoms with Crippen molar-refractivity contribution in [3.8, 4) is 0 Å². The molecule has 1 N–H and O–H groups in total. The quantitative estimate of drug-likeness (QED) is 0.690. The Bertz CT molecular complexity index is 324. The zero-order valence-corrected chi connectivity index (χ0v) is 8.65. The molecule has 1 aromatic rings. The summed E-state index contributed by atoms with van der Waals surface area (Å²) in [6.45, 7) is 8.97. The Morgan fingerprint density at radius 1 is 1.08 bits per heavy atom. The topological polar surface area (TPSA) is 12.0 Å². The molecule has 1 nitrogen and oxygen atoms in total. The molecule has 13 heavy (non-hydrogen) atoms. The predicted octanol–water partition coefficient (Wildman–Crippen LogP) is 2.30. The first-order chi connectivity index (χ1) is 6.20. The average Bonchev–Trinajstić information content (AvgIpc) is 2.03. The molecule has 0 saturated carbocycles. The van der Waals surface area contributed by atoms with Gasteiger partial charge in [0.1, 0.15) is 0 Å². The number of rotatable bonds is 1. The molecule has 0 unspecified atom stereocenters. The molecule has 0 aliphatic carbocycles. The van der Waals surface area contributed by atoms with E-state index in [-0.39, 0.29) is 0 Å². The van der Waals surface area contributed by atoms with Gasteiger partial charge in [-0.3, -0.25) is 0 Å². The van der Waals surface area contributed by atoms with Crippen LogP contribution >= 0.6 is 0 Å². The van der Waals surface area contributed by atoms with Crippen molar-refractivity contribution in [2.24, 2.45) is 0 Å². The van der Waals surface area contributed by atoms with Crippen LogP contribution in [0.3, 0.4) is 0 Å². The van der Waals surface area contributed by atoms with Gasteiger partial charge in [0, 0.05) is 19.0 Å². The number of aryl methyl sites for hydroxylation is 1. The van der Waals surface area contributed by atoms with Gasteiger partial charge in [-0.05, 0) is 43.0 Å². The maximum Gasteiger partial charge on any atom is 0.00912 e. The van der Waals surface area contributed by atoms with E-state index in [4.69, 9.17) is 0 Å². The van der Waals surface area contributed by atoms with Crippen LogP contribution in [0.1, 0.15) is 28.2 Å². The standard InChI is InChI=1S/C12H17N/c1-8-4-5-12(10(3)9(8)2)11-6-13-7-11/h4-5,11,13H,6-7H2,1-3H3. The maximum absolute atomic E-state index is 3.32. The fourth-order valence-electron chi connectivity index (χ4n) is 1.93. The molecule has 1 aliphatic heterocycles. The third-order valence-corrected chi connectivity index (χ3v) is 3.32. The van der Waals surface area contributed by atoms with Crippen LogP contribution in [0.15, 0.2) is 12.1 Å². The molecule has 0 atom stereocenters. The highest BCUT2D eigenvalue weighted by atomic mass is 14.9. The van der Waals surface area contributed by atoms with Crippen molar-refractivity contribution in [3.63, 3.8) is 0 Å². The van der Waals surface area contributed by atoms with E-state index >= 15 is 0 Å². The molecule has 1 heteroatoms. The van der Waals surface area contributed by atoms with Crippen LogP contribution in [0.5, 0.6) is 0 Å². The molecular formula is C12H17N. The number of benzene rings is 1. The number of hydrogen-bond acceptors (Lipinski definition) is 1. The lowest BCUT2D eigenvalue weighted by Gasteiger charge is -2.29. The maximum atomic E-state index is 3.32. The average molecular weight is 175 g/mol. The largest absolute Gasteiger partial charge is 0.315 e. The summed E-state index contributed by atoms with van der Waals surface area (Å²) in [5.74, 6) is 0.763. The molecule has 0 radical (unpaired) electrons. The minimum Gasteiger partial charge on any atom is -0.315 e. The van der Waals surface area contributed by atoms with E-state index in [1.54, 1.807) is 5.56 Å². The van der Waals surface area contributed by atoms with Crippen LogP contribution in [0.4, 0.5) is 0 Å². The zero-order chi connectivity index (χ0) is 9.42. The van der Waals surface area contributed by atoms with Crippen molar-refractivity contribution in [3.05, 3.63) is 34.4 Å². The number of nitrogens with one attached hydrogen (secondary N) is 1. The van der Waals surface area contributed by atoms with E-state index in [0.717, 1.165) is 19.0 Å². The fraction of sp³-hybridized carbons (Fsp3) is 0.500. The van der Waals surface area contributed by atoms with Gasteiger partial charge in [0.05, 0.1) is 0 Å². The van der Waals surface area contributed by atoms with E-state index in [0.29, 0.717) is 0 Å². The van der Waals surface area contributed by atoms with Gasteiger partial charge in [-0.15, -0.1) is 0 Å². The highest BCUT2D eigenvalue weighted by molar-refractivity contribution is 5.41. The van der Waals surface area contributed by atoms with E-state index in [9.17, 15) is 0 Å². The monoisotopic (exact) mass is 175 g/mol. The van der Waals surface area contributed by atoms with Crippen LogP contribution in [-0.2, 0) is 0 Å². The van der Waals surface area contributed by atoms with E-state index in [2.05, 4.69) is 38.2 Å². The van der Waals surface area contributed by atoms with Crippen LogP contribution in [0.25, 0.3) is 0 Å². The van der Waals surface area contributed by atoms with Crippen molar-refractivity contribution in [1.29, 1.82) is 0 Å². The SMILES string of the molecule is Cc1ccc(C2CNC2)c(C)c1C. The van der Waals surface area contributed by atoms with Crippen molar-refractivity contribution >= 4 is 0 Å². The molecule has 1 aliphatic rings. The molecule has 70 valence electrons. The Balaban J connectivity index is 2.41. The molecule has 0 bridgehead atoms. The summed E-state index contributed by atoms with van der Waals surface area (Å²) < 4.78 is 0. The molecule has 0 aromatic heterocycles. The second kappa shape index (κ2) is 3.15. The van der Waals surface area contributed by atoms with Gasteiger partial charge in [0.25, 0.3) is 0 Å². The van der Waals surface area contributed by atoms with Gasteiger partial charge >= 0.3 is 0 Å². The van der Waals surface area contributed by atoms with Gasteiger partial charge in [0.15, 0.2) is 0 Å².